The second-order valence-electron chi connectivity index (χ2n) is 8.33. The van der Waals surface area contributed by atoms with Crippen LogP contribution in [0.3, 0.4) is 0 Å². The first-order chi connectivity index (χ1) is 16.5. The van der Waals surface area contributed by atoms with Gasteiger partial charge in [-0.25, -0.2) is 17.2 Å². The van der Waals surface area contributed by atoms with Crippen molar-refractivity contribution in [2.75, 3.05) is 30.2 Å². The molecule has 1 atom stereocenters. The number of carbonyl (C=O) groups excluding carboxylic acids is 2. The van der Waals surface area contributed by atoms with Gasteiger partial charge in [0.15, 0.2) is 11.6 Å². The van der Waals surface area contributed by atoms with Crippen LogP contribution in [0.2, 0.25) is 0 Å². The Hall–Kier alpha value is -3.01. The van der Waals surface area contributed by atoms with E-state index in [9.17, 15) is 26.8 Å². The number of carbonyl (C=O) groups is 2. The summed E-state index contributed by atoms with van der Waals surface area (Å²) in [5, 5.41) is 2.80. The van der Waals surface area contributed by atoms with Gasteiger partial charge in [0.2, 0.25) is 21.8 Å². The molecular formula is C25H33F2N3O4S. The lowest BCUT2D eigenvalue weighted by Crippen LogP contribution is -2.49. The summed E-state index contributed by atoms with van der Waals surface area (Å²) in [5.74, 6) is -2.79. The van der Waals surface area contributed by atoms with E-state index < -0.39 is 27.7 Å². The fourth-order valence-corrected chi connectivity index (χ4v) is 4.57. The van der Waals surface area contributed by atoms with Crippen molar-refractivity contribution >= 4 is 27.5 Å². The summed E-state index contributed by atoms with van der Waals surface area (Å²) in [6, 6.07) is 11.7. The number of nitrogens with one attached hydrogen (secondary N) is 1. The molecule has 1 unspecified atom stereocenters. The average molecular weight is 510 g/mol. The third-order valence-corrected chi connectivity index (χ3v) is 6.74. The molecule has 0 saturated heterocycles. The summed E-state index contributed by atoms with van der Waals surface area (Å²) < 4.78 is 52.4. The summed E-state index contributed by atoms with van der Waals surface area (Å²) in [4.78, 5) is 27.2. The standard InChI is InChI=1S/C25H33F2N3O4S/c1-4-15-28-25(32)19(2)29(17-14-20-9-6-5-7-10-20)24(31)11-8-16-30(35(3,33)34)21-12-13-22(26)23(27)18-21/h5-7,9-10,12-13,18-19H,4,8,11,14-17H2,1-3H3,(H,28,32). The molecule has 0 bridgehead atoms. The third-order valence-electron chi connectivity index (χ3n) is 5.54. The van der Waals surface area contributed by atoms with Crippen LogP contribution in [0.5, 0.6) is 0 Å². The van der Waals surface area contributed by atoms with Crippen LogP contribution in [0.15, 0.2) is 48.5 Å². The highest BCUT2D eigenvalue weighted by molar-refractivity contribution is 7.92. The number of nitrogens with zero attached hydrogens (tertiary/aromatic N) is 2. The highest BCUT2D eigenvalue weighted by atomic mass is 32.2. The Morgan fingerprint density at radius 2 is 1.71 bits per heavy atom. The summed E-state index contributed by atoms with van der Waals surface area (Å²) >= 11 is 0. The summed E-state index contributed by atoms with van der Waals surface area (Å²) in [6.07, 6.45) is 2.40. The highest BCUT2D eigenvalue weighted by Crippen LogP contribution is 2.21. The van der Waals surface area contributed by atoms with Gasteiger partial charge < -0.3 is 10.2 Å². The van der Waals surface area contributed by atoms with E-state index in [1.165, 1.54) is 11.0 Å². The summed E-state index contributed by atoms with van der Waals surface area (Å²) in [7, 11) is -3.80. The van der Waals surface area contributed by atoms with Crippen LogP contribution < -0.4 is 9.62 Å². The lowest BCUT2D eigenvalue weighted by molar-refractivity contribution is -0.139. The number of anilines is 1. The zero-order valence-electron chi connectivity index (χ0n) is 20.3. The minimum absolute atomic E-state index is 0.0180. The van der Waals surface area contributed by atoms with Crippen molar-refractivity contribution in [1.82, 2.24) is 10.2 Å². The van der Waals surface area contributed by atoms with Gasteiger partial charge in [-0.15, -0.1) is 0 Å². The van der Waals surface area contributed by atoms with Crippen LogP contribution in [-0.4, -0.2) is 57.1 Å². The van der Waals surface area contributed by atoms with Gasteiger partial charge in [0.25, 0.3) is 0 Å². The number of amides is 2. The van der Waals surface area contributed by atoms with Gasteiger partial charge >= 0.3 is 0 Å². The summed E-state index contributed by atoms with van der Waals surface area (Å²) in [6.45, 7) is 4.32. The van der Waals surface area contributed by atoms with Gasteiger partial charge in [0, 0.05) is 32.1 Å². The Balaban J connectivity index is 2.11. The Morgan fingerprint density at radius 1 is 1.03 bits per heavy atom. The van der Waals surface area contributed by atoms with Crippen molar-refractivity contribution in [3.05, 3.63) is 65.7 Å². The van der Waals surface area contributed by atoms with Crippen molar-refractivity contribution in [2.45, 2.75) is 45.6 Å². The Labute approximate surface area is 206 Å². The largest absolute Gasteiger partial charge is 0.354 e. The van der Waals surface area contributed by atoms with E-state index in [1.807, 2.05) is 37.3 Å². The Bertz CT molecular complexity index is 1100. The van der Waals surface area contributed by atoms with E-state index in [0.717, 1.165) is 34.7 Å². The minimum atomic E-state index is -3.80. The van der Waals surface area contributed by atoms with Gasteiger partial charge in [0.05, 0.1) is 11.9 Å². The SMILES string of the molecule is CCCNC(=O)C(C)N(CCc1ccccc1)C(=O)CCCN(c1ccc(F)c(F)c1)S(C)(=O)=O. The van der Waals surface area contributed by atoms with E-state index >= 15 is 0 Å². The molecule has 192 valence electrons. The zero-order valence-corrected chi connectivity index (χ0v) is 21.2. The second kappa shape index (κ2) is 13.2. The van der Waals surface area contributed by atoms with Gasteiger partial charge in [-0.3, -0.25) is 13.9 Å². The van der Waals surface area contributed by atoms with Crippen LogP contribution in [0, 0.1) is 11.6 Å². The number of hydrogen-bond donors (Lipinski definition) is 1. The number of rotatable bonds is 13. The van der Waals surface area contributed by atoms with Crippen molar-refractivity contribution in [3.8, 4) is 0 Å². The van der Waals surface area contributed by atoms with Crippen LogP contribution in [0.4, 0.5) is 14.5 Å². The molecule has 35 heavy (non-hydrogen) atoms. The van der Waals surface area contributed by atoms with Crippen LogP contribution in [0.25, 0.3) is 0 Å². The Kier molecular flexibility index (Phi) is 10.6. The average Bonchev–Trinajstić information content (AvgIpc) is 2.82. The van der Waals surface area contributed by atoms with E-state index in [1.54, 1.807) is 6.92 Å². The molecule has 0 aromatic heterocycles. The highest BCUT2D eigenvalue weighted by Gasteiger charge is 2.26. The number of halogens is 2. The predicted molar refractivity (Wildman–Crippen MR) is 132 cm³/mol. The van der Waals surface area contributed by atoms with Gasteiger partial charge in [-0.2, -0.15) is 0 Å². The molecule has 10 heteroatoms. The molecule has 0 heterocycles. The fourth-order valence-electron chi connectivity index (χ4n) is 3.61. The fraction of sp³-hybridized carbons (Fsp3) is 0.440. The lowest BCUT2D eigenvalue weighted by Gasteiger charge is -2.29. The maximum Gasteiger partial charge on any atom is 0.242 e. The quantitative estimate of drug-likeness (QED) is 0.448. The van der Waals surface area contributed by atoms with Crippen molar-refractivity contribution in [1.29, 1.82) is 0 Å². The number of hydrogen-bond acceptors (Lipinski definition) is 4. The maximum absolute atomic E-state index is 13.7. The molecule has 0 saturated carbocycles. The molecule has 2 rings (SSSR count). The van der Waals surface area contributed by atoms with E-state index in [0.29, 0.717) is 19.5 Å². The maximum atomic E-state index is 13.7. The Morgan fingerprint density at radius 3 is 2.31 bits per heavy atom. The monoisotopic (exact) mass is 509 g/mol. The first-order valence-corrected chi connectivity index (χ1v) is 13.4. The molecule has 7 nitrogen and oxygen atoms in total. The first kappa shape index (κ1) is 28.2. The van der Waals surface area contributed by atoms with Crippen LogP contribution in [0.1, 0.15) is 38.7 Å². The molecule has 2 amide bonds. The molecule has 0 spiro atoms. The molecule has 0 aliphatic rings. The second-order valence-corrected chi connectivity index (χ2v) is 10.2. The summed E-state index contributed by atoms with van der Waals surface area (Å²) in [5.41, 5.74) is 1.00. The molecule has 0 fully saturated rings. The first-order valence-electron chi connectivity index (χ1n) is 11.6. The van der Waals surface area contributed by atoms with E-state index in [-0.39, 0.29) is 36.9 Å². The molecule has 0 radical (unpaired) electrons. The third kappa shape index (κ3) is 8.61. The van der Waals surface area contributed by atoms with Crippen molar-refractivity contribution in [3.63, 3.8) is 0 Å². The normalized spacial score (nSPS) is 12.1. The lowest BCUT2D eigenvalue weighted by atomic mass is 10.1. The van der Waals surface area contributed by atoms with Crippen molar-refractivity contribution < 1.29 is 26.8 Å². The molecule has 1 N–H and O–H groups in total. The molecular weight excluding hydrogens is 476 g/mol. The van der Waals surface area contributed by atoms with Crippen molar-refractivity contribution in [2.24, 2.45) is 0 Å². The predicted octanol–water partition coefficient (Wildman–Crippen LogP) is 3.50. The van der Waals surface area contributed by atoms with E-state index in [4.69, 9.17) is 0 Å². The molecule has 2 aromatic carbocycles. The topological polar surface area (TPSA) is 86.8 Å². The number of sulfonamides is 1. The van der Waals surface area contributed by atoms with Gasteiger partial charge in [-0.1, -0.05) is 37.3 Å². The van der Waals surface area contributed by atoms with Crippen LogP contribution in [-0.2, 0) is 26.0 Å². The molecule has 2 aromatic rings. The number of benzene rings is 2. The minimum Gasteiger partial charge on any atom is -0.354 e. The molecule has 0 aliphatic heterocycles. The van der Waals surface area contributed by atoms with Gasteiger partial charge in [0.1, 0.15) is 6.04 Å². The van der Waals surface area contributed by atoms with E-state index in [2.05, 4.69) is 5.32 Å². The molecule has 0 aliphatic carbocycles. The smallest absolute Gasteiger partial charge is 0.242 e. The zero-order chi connectivity index (χ0) is 26.0. The van der Waals surface area contributed by atoms with Gasteiger partial charge in [-0.05, 0) is 43.9 Å². The van der Waals surface area contributed by atoms with Crippen LogP contribution >= 0.6 is 0 Å².